The number of aryl methyl sites for hydroxylation is 1. The van der Waals surface area contributed by atoms with E-state index in [-0.39, 0.29) is 47.1 Å². The molecule has 0 spiro atoms. The molecular weight excluding hydrogens is 873 g/mol. The number of benzene rings is 3. The monoisotopic (exact) mass is 924 g/mol. The van der Waals surface area contributed by atoms with Crippen LogP contribution >= 0.6 is 0 Å². The molecule has 341 valence electrons. The molecule has 5 aromatic rings. The van der Waals surface area contributed by atoms with Crippen molar-refractivity contribution in [1.82, 2.24) is 19.4 Å². The van der Waals surface area contributed by atoms with Crippen LogP contribution in [0.3, 0.4) is 0 Å². The van der Waals surface area contributed by atoms with Gasteiger partial charge in [0.2, 0.25) is 0 Å². The van der Waals surface area contributed by atoms with E-state index in [1.807, 2.05) is 14.1 Å². The van der Waals surface area contributed by atoms with Crippen LogP contribution in [0.2, 0.25) is 0 Å². The number of pyridine rings is 1. The zero-order valence-electron chi connectivity index (χ0n) is 36.4. The van der Waals surface area contributed by atoms with Gasteiger partial charge in [0, 0.05) is 57.5 Å². The van der Waals surface area contributed by atoms with E-state index in [4.69, 9.17) is 38.4 Å². The second-order valence-corrected chi connectivity index (χ2v) is 15.4. The maximum Gasteiger partial charge on any atom is 2.00 e. The van der Waals surface area contributed by atoms with Gasteiger partial charge in [-0.1, -0.05) is 55.3 Å². The Hall–Kier alpha value is -6.21. The summed E-state index contributed by atoms with van der Waals surface area (Å²) in [5, 5.41) is 13.3. The number of rotatable bonds is 17. The van der Waals surface area contributed by atoms with E-state index in [2.05, 4.69) is 52.9 Å². The van der Waals surface area contributed by atoms with Gasteiger partial charge in [-0.3, -0.25) is 19.7 Å². The predicted octanol–water partition coefficient (Wildman–Crippen LogP) is 6.40. The normalized spacial score (nSPS) is 17.0. The van der Waals surface area contributed by atoms with Crippen LogP contribution in [0.5, 0.6) is 5.75 Å². The van der Waals surface area contributed by atoms with Gasteiger partial charge in [0.25, 0.3) is 5.97 Å². The number of carbonyl (C=O) groups is 5. The first-order chi connectivity index (χ1) is 30.1. The molecule has 1 radical (unpaired) electrons. The second-order valence-electron chi connectivity index (χ2n) is 15.4. The van der Waals surface area contributed by atoms with Gasteiger partial charge in [0.15, 0.2) is 5.82 Å². The Morgan fingerprint density at radius 3 is 2.25 bits per heavy atom. The summed E-state index contributed by atoms with van der Waals surface area (Å²) in [7, 11) is 4.04. The Bertz CT molecular complexity index is 2490. The van der Waals surface area contributed by atoms with E-state index in [0.717, 1.165) is 30.8 Å². The summed E-state index contributed by atoms with van der Waals surface area (Å²) < 4.78 is 35.6. The van der Waals surface area contributed by atoms with Crippen LogP contribution in [-0.2, 0) is 81.0 Å². The minimum Gasteiger partial charge on any atom is -0.552 e. The molecule has 1 amide bonds. The zero-order valence-corrected chi connectivity index (χ0v) is 37.4. The molecule has 1 fully saturated rings. The average Bonchev–Trinajstić information content (AvgIpc) is 3.58. The Balaban J connectivity index is 0.00000771. The number of carboxylic acids is 1. The number of aromatic nitrogens is 3. The number of nitrogens with one attached hydrogen (secondary N) is 1. The number of aromatic carboxylic acids is 1. The van der Waals surface area contributed by atoms with Crippen molar-refractivity contribution in [2.45, 2.75) is 91.3 Å². The maximum atomic E-state index is 13.5. The number of carboxylic acid groups (broad SMARTS) is 1. The number of fused-ring (bicyclic) bond motifs is 3. The Morgan fingerprint density at radius 1 is 0.906 bits per heavy atom. The van der Waals surface area contributed by atoms with Gasteiger partial charge < -0.3 is 43.0 Å². The minimum atomic E-state index is -1.15. The number of esters is 3. The molecule has 18 heteroatoms. The van der Waals surface area contributed by atoms with Crippen LogP contribution < -0.4 is 10.1 Å². The third-order valence-electron chi connectivity index (χ3n) is 9.98. The maximum absolute atomic E-state index is 13.5. The number of unbranched alkanes of at least 4 members (excludes halogenated alkanes) is 1. The average molecular weight is 925 g/mol. The van der Waals surface area contributed by atoms with Crippen molar-refractivity contribution < 1.29 is 74.3 Å². The Labute approximate surface area is 380 Å². The molecule has 0 saturated carbocycles. The topological polar surface area (TPSA) is 207 Å². The smallest absolute Gasteiger partial charge is 0.552 e. The summed E-state index contributed by atoms with van der Waals surface area (Å²) in [4.78, 5) is 72.7. The van der Waals surface area contributed by atoms with Crippen molar-refractivity contribution >= 4 is 57.7 Å². The van der Waals surface area contributed by atoms with E-state index in [9.17, 15) is 29.1 Å². The van der Waals surface area contributed by atoms with Crippen molar-refractivity contribution in [2.24, 2.45) is 0 Å². The van der Waals surface area contributed by atoms with Gasteiger partial charge in [0.1, 0.15) is 36.8 Å². The zero-order chi connectivity index (χ0) is 45.4. The van der Waals surface area contributed by atoms with Crippen molar-refractivity contribution in [3.05, 3.63) is 108 Å². The SMILES string of the molecule is [CH2-]c1cc(COC(=O)Nc2nc3cc(C(=O)O)ccc3c3c2nc(CCCC)n3Cc2ccc(CN(C)C)cc2)ccc1O[C@@H]1[CH-][C@@H](OC(C)=O)[C@H](OC(C)=O)[C@@H](COC(C)=O)O1.[Co+2]. The third-order valence-corrected chi connectivity index (χ3v) is 9.98. The number of hydrogen-bond donors (Lipinski definition) is 2. The molecule has 4 atom stereocenters. The molecule has 2 aromatic heterocycles. The van der Waals surface area contributed by atoms with E-state index >= 15 is 0 Å². The fourth-order valence-electron chi connectivity index (χ4n) is 7.20. The van der Waals surface area contributed by atoms with Crippen LogP contribution in [0.1, 0.15) is 79.0 Å². The molecule has 64 heavy (non-hydrogen) atoms. The fraction of sp³-hybridized carbons (Fsp3) is 0.370. The number of carbonyl (C=O) groups excluding carboxylic acids is 4. The largest absolute Gasteiger partial charge is 2.00 e. The molecule has 0 bridgehead atoms. The second kappa shape index (κ2) is 21.9. The van der Waals surface area contributed by atoms with Gasteiger partial charge in [-0.05, 0) is 49.8 Å². The molecule has 2 N–H and O–H groups in total. The first-order valence-electron chi connectivity index (χ1n) is 20.4. The van der Waals surface area contributed by atoms with Crippen molar-refractivity contribution in [1.29, 1.82) is 0 Å². The quantitative estimate of drug-likeness (QED) is 0.0588. The van der Waals surface area contributed by atoms with E-state index < -0.39 is 54.6 Å². The molecule has 1 saturated heterocycles. The predicted molar refractivity (Wildman–Crippen MR) is 230 cm³/mol. The number of ether oxygens (including phenoxy) is 6. The van der Waals surface area contributed by atoms with Crippen LogP contribution in [0.25, 0.3) is 21.9 Å². The number of imidazole rings is 1. The number of amides is 1. The summed E-state index contributed by atoms with van der Waals surface area (Å²) in [5.74, 6) is -1.85. The molecule has 1 aliphatic heterocycles. The van der Waals surface area contributed by atoms with Crippen LogP contribution in [0.15, 0.2) is 60.7 Å². The summed E-state index contributed by atoms with van der Waals surface area (Å²) in [6, 6.07) is 18.0. The Kier molecular flexibility index (Phi) is 16.7. The van der Waals surface area contributed by atoms with Gasteiger partial charge in [0.05, 0.1) is 22.9 Å². The standard InChI is InChI=1S/C46H51N5O12.Co/c1-8-9-10-39-48-41-42(51(39)23-31-13-11-30(12-14-31)22-50(6)7)34-17-16-33(45(55)56)20-35(34)47-44(41)49-46(57)59-24-32-15-18-36(26(2)19-32)62-40-21-37(60-28(4)53)43(61-29(5)54)38(63-40)25-58-27(3)52;/h11-21,37-38,40,43H,2,8-10,22-25H2,1,3-7H3,(H,55,56)(H,47,49,57);/q-2;+2/t37-,38-,40+,43+;/m1./s1. The first kappa shape index (κ1) is 48.8. The molecule has 3 heterocycles. The molecule has 1 aliphatic rings. The summed E-state index contributed by atoms with van der Waals surface area (Å²) in [6.07, 6.45) is -1.36. The van der Waals surface area contributed by atoms with Crippen LogP contribution in [0.4, 0.5) is 10.6 Å². The molecular formula is C46H51CoN5O12. The molecule has 0 unspecified atom stereocenters. The fourth-order valence-corrected chi connectivity index (χ4v) is 7.20. The molecule has 17 nitrogen and oxygen atoms in total. The van der Waals surface area contributed by atoms with E-state index in [1.54, 1.807) is 24.3 Å². The van der Waals surface area contributed by atoms with Gasteiger partial charge in [-0.2, -0.15) is 18.6 Å². The molecule has 0 aliphatic carbocycles. The third kappa shape index (κ3) is 12.5. The number of nitrogens with zero attached hydrogens (tertiary/aromatic N) is 4. The van der Waals surface area contributed by atoms with Crippen molar-refractivity contribution in [2.75, 3.05) is 26.0 Å². The number of anilines is 1. The summed E-state index contributed by atoms with van der Waals surface area (Å²) >= 11 is 0. The van der Waals surface area contributed by atoms with Crippen LogP contribution in [0, 0.1) is 13.3 Å². The van der Waals surface area contributed by atoms with Crippen LogP contribution in [-0.4, -0.2) is 99.8 Å². The van der Waals surface area contributed by atoms with Crippen molar-refractivity contribution in [3.8, 4) is 5.75 Å². The van der Waals surface area contributed by atoms with Gasteiger partial charge in [-0.15, -0.1) is 0 Å². The Morgan fingerprint density at radius 2 is 1.61 bits per heavy atom. The van der Waals surface area contributed by atoms with E-state index in [1.165, 1.54) is 44.9 Å². The molecule has 6 rings (SSSR count). The van der Waals surface area contributed by atoms with Gasteiger partial charge >= 0.3 is 40.8 Å². The minimum absolute atomic E-state index is 0. The summed E-state index contributed by atoms with van der Waals surface area (Å²) in [6.45, 7) is 10.5. The summed E-state index contributed by atoms with van der Waals surface area (Å²) in [5.41, 5.74) is 4.70. The van der Waals surface area contributed by atoms with E-state index in [0.29, 0.717) is 46.0 Å². The molecule has 3 aromatic carbocycles. The number of hydrogen-bond acceptors (Lipinski definition) is 14. The van der Waals surface area contributed by atoms with Crippen molar-refractivity contribution in [3.63, 3.8) is 0 Å². The van der Waals surface area contributed by atoms with Gasteiger partial charge in [-0.25, -0.2) is 26.0 Å². The first-order valence-corrected chi connectivity index (χ1v) is 20.4.